The molecular weight excluding hydrogens is 443 g/mol. The number of hydrogen-bond acceptors (Lipinski definition) is 1. The van der Waals surface area contributed by atoms with Crippen LogP contribution in [0.25, 0.3) is 11.1 Å². The van der Waals surface area contributed by atoms with Crippen molar-refractivity contribution < 1.29 is 9.13 Å². The molecule has 0 aromatic heterocycles. The molecule has 0 aliphatic heterocycles. The Kier molecular flexibility index (Phi) is 10.9. The van der Waals surface area contributed by atoms with Gasteiger partial charge in [-0.05, 0) is 98.3 Å². The standard InChI is InChI=1S/C34H49FO/c1-3-5-7-8-9-26-10-12-29(13-11-26)31-20-23-33(34(35)25-31)30-16-14-27(15-17-30)28-18-21-32(22-19-28)36-24-6-4-2/h14-17,20,23,25-26,28-29,32H,3-13,18-19,21-22,24H2,1-2H3/t26-,28-,29-,32-. The van der Waals surface area contributed by atoms with Gasteiger partial charge >= 0.3 is 0 Å². The molecule has 1 nitrogen and oxygen atoms in total. The highest BCUT2D eigenvalue weighted by molar-refractivity contribution is 5.65. The van der Waals surface area contributed by atoms with E-state index in [1.54, 1.807) is 0 Å². The molecule has 0 radical (unpaired) electrons. The molecule has 36 heavy (non-hydrogen) atoms. The van der Waals surface area contributed by atoms with Gasteiger partial charge < -0.3 is 4.74 Å². The number of halogens is 1. The van der Waals surface area contributed by atoms with Gasteiger partial charge in [-0.15, -0.1) is 0 Å². The first-order valence-corrected chi connectivity index (χ1v) is 15.2. The quantitative estimate of drug-likeness (QED) is 0.268. The fraction of sp³-hybridized carbons (Fsp3) is 0.647. The molecule has 0 spiro atoms. The molecule has 2 aliphatic carbocycles. The van der Waals surface area contributed by atoms with Gasteiger partial charge in [-0.25, -0.2) is 4.39 Å². The molecule has 2 heteroatoms. The van der Waals surface area contributed by atoms with Gasteiger partial charge in [0.2, 0.25) is 0 Å². The Hall–Kier alpha value is -1.67. The zero-order chi connectivity index (χ0) is 25.2. The Labute approximate surface area is 220 Å². The molecule has 2 fully saturated rings. The molecule has 0 N–H and O–H groups in total. The van der Waals surface area contributed by atoms with E-state index in [0.717, 1.165) is 36.5 Å². The van der Waals surface area contributed by atoms with Crippen molar-refractivity contribution >= 4 is 0 Å². The fourth-order valence-electron chi connectivity index (χ4n) is 6.56. The van der Waals surface area contributed by atoms with Gasteiger partial charge in [0.15, 0.2) is 0 Å². The van der Waals surface area contributed by atoms with E-state index in [1.165, 1.54) is 94.6 Å². The maximum atomic E-state index is 15.2. The largest absolute Gasteiger partial charge is 0.378 e. The molecule has 2 aromatic rings. The van der Waals surface area contributed by atoms with Crippen molar-refractivity contribution in [2.45, 2.75) is 128 Å². The molecule has 0 saturated heterocycles. The monoisotopic (exact) mass is 492 g/mol. The highest BCUT2D eigenvalue weighted by Crippen LogP contribution is 2.39. The molecular formula is C34H49FO. The molecule has 0 unspecified atom stereocenters. The highest BCUT2D eigenvalue weighted by Gasteiger charge is 2.24. The summed E-state index contributed by atoms with van der Waals surface area (Å²) in [4.78, 5) is 0. The average molecular weight is 493 g/mol. The van der Waals surface area contributed by atoms with Crippen molar-refractivity contribution in [3.63, 3.8) is 0 Å². The summed E-state index contributed by atoms with van der Waals surface area (Å²) in [5, 5.41) is 0. The van der Waals surface area contributed by atoms with E-state index < -0.39 is 0 Å². The van der Waals surface area contributed by atoms with Crippen LogP contribution in [-0.4, -0.2) is 12.7 Å². The molecule has 0 atom stereocenters. The van der Waals surface area contributed by atoms with Crippen LogP contribution in [0, 0.1) is 11.7 Å². The lowest BCUT2D eigenvalue weighted by Gasteiger charge is -2.29. The van der Waals surface area contributed by atoms with Crippen LogP contribution >= 0.6 is 0 Å². The number of ether oxygens (including phenoxy) is 1. The van der Waals surface area contributed by atoms with Crippen LogP contribution < -0.4 is 0 Å². The van der Waals surface area contributed by atoms with Crippen LogP contribution in [0.15, 0.2) is 42.5 Å². The second-order valence-corrected chi connectivity index (χ2v) is 11.6. The molecule has 0 heterocycles. The predicted octanol–water partition coefficient (Wildman–Crippen LogP) is 10.6. The van der Waals surface area contributed by atoms with E-state index in [2.05, 4.69) is 44.2 Å². The van der Waals surface area contributed by atoms with Crippen LogP contribution in [0.5, 0.6) is 0 Å². The Balaban J connectivity index is 1.28. The van der Waals surface area contributed by atoms with Crippen molar-refractivity contribution in [3.05, 3.63) is 59.4 Å². The fourth-order valence-corrected chi connectivity index (χ4v) is 6.56. The van der Waals surface area contributed by atoms with E-state index in [-0.39, 0.29) is 5.82 Å². The van der Waals surface area contributed by atoms with Gasteiger partial charge in [-0.2, -0.15) is 0 Å². The van der Waals surface area contributed by atoms with Crippen molar-refractivity contribution in [1.29, 1.82) is 0 Å². The highest BCUT2D eigenvalue weighted by atomic mass is 19.1. The second-order valence-electron chi connectivity index (χ2n) is 11.6. The smallest absolute Gasteiger partial charge is 0.131 e. The van der Waals surface area contributed by atoms with Crippen LogP contribution in [0.4, 0.5) is 4.39 Å². The predicted molar refractivity (Wildman–Crippen MR) is 151 cm³/mol. The number of hydrogen-bond donors (Lipinski definition) is 0. The van der Waals surface area contributed by atoms with Crippen LogP contribution in [0.2, 0.25) is 0 Å². The summed E-state index contributed by atoms with van der Waals surface area (Å²) >= 11 is 0. The third kappa shape index (κ3) is 7.67. The third-order valence-corrected chi connectivity index (χ3v) is 9.00. The Morgan fingerprint density at radius 2 is 1.33 bits per heavy atom. The molecule has 4 rings (SSSR count). The van der Waals surface area contributed by atoms with Gasteiger partial charge in [0.05, 0.1) is 6.10 Å². The molecule has 2 aromatic carbocycles. The SMILES string of the molecule is CCCCCC[C@H]1CC[C@H](c2ccc(-c3ccc([C@H]4CC[C@H](OCCCC)CC4)cc3)c(F)c2)CC1. The first-order valence-electron chi connectivity index (χ1n) is 15.2. The van der Waals surface area contributed by atoms with Gasteiger partial charge in [0.1, 0.15) is 5.82 Å². The number of rotatable bonds is 12. The molecule has 2 saturated carbocycles. The minimum Gasteiger partial charge on any atom is -0.378 e. The summed E-state index contributed by atoms with van der Waals surface area (Å²) in [5.41, 5.74) is 4.34. The lowest BCUT2D eigenvalue weighted by Crippen LogP contribution is -2.21. The summed E-state index contributed by atoms with van der Waals surface area (Å²) in [5.74, 6) is 1.97. The van der Waals surface area contributed by atoms with Gasteiger partial charge in [-0.1, -0.05) is 88.8 Å². The second kappa shape index (κ2) is 14.3. The van der Waals surface area contributed by atoms with Crippen molar-refractivity contribution in [1.82, 2.24) is 0 Å². The van der Waals surface area contributed by atoms with E-state index in [1.807, 2.05) is 12.1 Å². The minimum absolute atomic E-state index is 0.0633. The Morgan fingerprint density at radius 1 is 0.694 bits per heavy atom. The van der Waals surface area contributed by atoms with E-state index in [0.29, 0.717) is 17.9 Å². The molecule has 2 aliphatic rings. The summed E-state index contributed by atoms with van der Waals surface area (Å²) in [6.07, 6.45) is 19.4. The van der Waals surface area contributed by atoms with Gasteiger partial charge in [-0.3, -0.25) is 0 Å². The van der Waals surface area contributed by atoms with Crippen molar-refractivity contribution in [2.75, 3.05) is 6.61 Å². The Bertz CT molecular complexity index is 888. The maximum Gasteiger partial charge on any atom is 0.131 e. The van der Waals surface area contributed by atoms with E-state index in [4.69, 9.17) is 4.74 Å². The molecule has 198 valence electrons. The minimum atomic E-state index is -0.0633. The molecule has 0 bridgehead atoms. The van der Waals surface area contributed by atoms with Crippen molar-refractivity contribution in [3.8, 4) is 11.1 Å². The Morgan fingerprint density at radius 3 is 2.00 bits per heavy atom. The van der Waals surface area contributed by atoms with Crippen LogP contribution in [0.3, 0.4) is 0 Å². The maximum absolute atomic E-state index is 15.2. The zero-order valence-corrected chi connectivity index (χ0v) is 23.0. The lowest BCUT2D eigenvalue weighted by atomic mass is 9.77. The summed E-state index contributed by atoms with van der Waals surface area (Å²) in [7, 11) is 0. The first-order chi connectivity index (χ1) is 17.7. The zero-order valence-electron chi connectivity index (χ0n) is 23.0. The summed E-state index contributed by atoms with van der Waals surface area (Å²) < 4.78 is 21.3. The van der Waals surface area contributed by atoms with E-state index >= 15 is 4.39 Å². The molecule has 0 amide bonds. The summed E-state index contributed by atoms with van der Waals surface area (Å²) in [6, 6.07) is 14.8. The topological polar surface area (TPSA) is 9.23 Å². The van der Waals surface area contributed by atoms with Crippen LogP contribution in [0.1, 0.15) is 133 Å². The normalized spacial score (nSPS) is 24.6. The first kappa shape index (κ1) is 27.4. The van der Waals surface area contributed by atoms with E-state index in [9.17, 15) is 0 Å². The number of benzene rings is 2. The van der Waals surface area contributed by atoms with Crippen LogP contribution in [-0.2, 0) is 4.74 Å². The van der Waals surface area contributed by atoms with Gasteiger partial charge in [0, 0.05) is 12.2 Å². The average Bonchev–Trinajstić information content (AvgIpc) is 2.92. The van der Waals surface area contributed by atoms with Crippen molar-refractivity contribution in [2.24, 2.45) is 5.92 Å². The number of unbranched alkanes of at least 4 members (excludes halogenated alkanes) is 4. The third-order valence-electron chi connectivity index (χ3n) is 9.00. The van der Waals surface area contributed by atoms with Gasteiger partial charge in [0.25, 0.3) is 0 Å². The summed E-state index contributed by atoms with van der Waals surface area (Å²) in [6.45, 7) is 5.40. The lowest BCUT2D eigenvalue weighted by molar-refractivity contribution is 0.0232.